The van der Waals surface area contributed by atoms with Gasteiger partial charge in [-0.2, -0.15) is 0 Å². The summed E-state index contributed by atoms with van der Waals surface area (Å²) in [5.74, 6) is -1.21. The molecule has 134 valence electrons. The lowest BCUT2D eigenvalue weighted by atomic mass is 9.74. The molecule has 1 amide bonds. The van der Waals surface area contributed by atoms with Crippen LogP contribution >= 0.6 is 0 Å². The van der Waals surface area contributed by atoms with Crippen LogP contribution < -0.4 is 0 Å². The molecule has 0 spiro atoms. The van der Waals surface area contributed by atoms with Gasteiger partial charge >= 0.3 is 5.97 Å². The predicted octanol–water partition coefficient (Wildman–Crippen LogP) is 2.26. The number of nitrogens with zero attached hydrogens (tertiary/aromatic N) is 2. The van der Waals surface area contributed by atoms with Crippen LogP contribution in [0.4, 0.5) is 0 Å². The zero-order valence-corrected chi connectivity index (χ0v) is 14.6. The molecule has 2 heterocycles. The first-order valence-electron chi connectivity index (χ1n) is 8.65. The number of aryl methyl sites for hydroxylation is 1. The van der Waals surface area contributed by atoms with Crippen LogP contribution in [0.1, 0.15) is 36.5 Å². The van der Waals surface area contributed by atoms with Crippen molar-refractivity contribution in [2.75, 3.05) is 13.1 Å². The van der Waals surface area contributed by atoms with Crippen LogP contribution in [0.15, 0.2) is 30.5 Å². The first-order chi connectivity index (χ1) is 11.9. The van der Waals surface area contributed by atoms with Gasteiger partial charge in [0.05, 0.1) is 6.10 Å². The number of carboxylic acids is 1. The van der Waals surface area contributed by atoms with Crippen LogP contribution in [-0.2, 0) is 11.8 Å². The Labute approximate surface area is 146 Å². The zero-order valence-electron chi connectivity index (χ0n) is 14.6. The van der Waals surface area contributed by atoms with Gasteiger partial charge in [0.15, 0.2) is 0 Å². The Morgan fingerprint density at radius 1 is 1.32 bits per heavy atom. The molecule has 0 saturated carbocycles. The number of hydrogen-bond acceptors (Lipinski definition) is 3. The van der Waals surface area contributed by atoms with Gasteiger partial charge in [0.25, 0.3) is 5.91 Å². The Hall–Kier alpha value is -2.34. The lowest BCUT2D eigenvalue weighted by molar-refractivity contribution is -0.162. The lowest BCUT2D eigenvalue weighted by Gasteiger charge is -2.43. The van der Waals surface area contributed by atoms with Crippen molar-refractivity contribution in [3.05, 3.63) is 36.0 Å². The number of carbonyl (C=O) groups excluding carboxylic acids is 1. The second-order valence-corrected chi connectivity index (χ2v) is 6.91. The molecular formula is C19H24N2O4. The predicted molar refractivity (Wildman–Crippen MR) is 94.4 cm³/mol. The monoisotopic (exact) mass is 344 g/mol. The molecule has 1 saturated heterocycles. The molecule has 1 aliphatic heterocycles. The summed E-state index contributed by atoms with van der Waals surface area (Å²) in [6, 6.07) is 7.46. The molecule has 1 aromatic heterocycles. The van der Waals surface area contributed by atoms with Gasteiger partial charge in [-0.1, -0.05) is 19.4 Å². The van der Waals surface area contributed by atoms with Crippen molar-refractivity contribution in [3.63, 3.8) is 0 Å². The molecule has 2 atom stereocenters. The smallest absolute Gasteiger partial charge is 0.314 e. The average molecular weight is 344 g/mol. The number of fused-ring (bicyclic) bond motifs is 1. The van der Waals surface area contributed by atoms with E-state index in [-0.39, 0.29) is 18.9 Å². The third-order valence-corrected chi connectivity index (χ3v) is 5.35. The highest BCUT2D eigenvalue weighted by molar-refractivity contribution is 6.06. The summed E-state index contributed by atoms with van der Waals surface area (Å²) in [5.41, 5.74) is 0.249. The number of piperidine rings is 1. The number of hydrogen-bond donors (Lipinski definition) is 2. The van der Waals surface area contributed by atoms with Crippen LogP contribution in [0.3, 0.4) is 0 Å². The van der Waals surface area contributed by atoms with Crippen molar-refractivity contribution in [1.29, 1.82) is 0 Å². The molecule has 1 aliphatic rings. The fourth-order valence-corrected chi connectivity index (χ4v) is 3.92. The van der Waals surface area contributed by atoms with E-state index in [9.17, 15) is 19.8 Å². The van der Waals surface area contributed by atoms with E-state index >= 15 is 0 Å². The van der Waals surface area contributed by atoms with Crippen LogP contribution in [-0.4, -0.2) is 50.8 Å². The van der Waals surface area contributed by atoms with E-state index in [1.54, 1.807) is 11.0 Å². The Balaban J connectivity index is 1.95. The van der Waals surface area contributed by atoms with E-state index in [0.29, 0.717) is 24.9 Å². The summed E-state index contributed by atoms with van der Waals surface area (Å²) in [5, 5.41) is 20.9. The first kappa shape index (κ1) is 17.5. The Bertz CT molecular complexity index is 813. The maximum absolute atomic E-state index is 13.1. The number of carboxylic acid groups (broad SMARTS) is 1. The highest BCUT2D eigenvalue weighted by atomic mass is 16.4. The third kappa shape index (κ3) is 2.80. The molecule has 6 heteroatoms. The second-order valence-electron chi connectivity index (χ2n) is 6.91. The van der Waals surface area contributed by atoms with Crippen LogP contribution in [0, 0.1) is 5.41 Å². The molecule has 0 bridgehead atoms. The van der Waals surface area contributed by atoms with E-state index in [1.807, 2.05) is 42.9 Å². The minimum atomic E-state index is -1.28. The Morgan fingerprint density at radius 2 is 2.08 bits per heavy atom. The number of amides is 1. The topological polar surface area (TPSA) is 82.8 Å². The molecule has 6 nitrogen and oxygen atoms in total. The third-order valence-electron chi connectivity index (χ3n) is 5.35. The fourth-order valence-electron chi connectivity index (χ4n) is 3.92. The molecule has 0 aliphatic carbocycles. The van der Waals surface area contributed by atoms with Crippen LogP contribution in [0.2, 0.25) is 0 Å². The van der Waals surface area contributed by atoms with Gasteiger partial charge in [-0.25, -0.2) is 0 Å². The van der Waals surface area contributed by atoms with E-state index in [4.69, 9.17) is 0 Å². The molecule has 1 fully saturated rings. The van der Waals surface area contributed by atoms with Gasteiger partial charge in [-0.05, 0) is 31.0 Å². The number of carbonyl (C=O) groups is 2. The van der Waals surface area contributed by atoms with E-state index < -0.39 is 17.5 Å². The lowest BCUT2D eigenvalue weighted by Crippen LogP contribution is -2.57. The molecule has 1 aromatic carbocycles. The van der Waals surface area contributed by atoms with Gasteiger partial charge in [0.1, 0.15) is 5.41 Å². The largest absolute Gasteiger partial charge is 0.481 e. The summed E-state index contributed by atoms with van der Waals surface area (Å²) in [6.07, 6.45) is 2.24. The summed E-state index contributed by atoms with van der Waals surface area (Å²) >= 11 is 0. The number of rotatable bonds is 4. The van der Waals surface area contributed by atoms with Crippen molar-refractivity contribution in [2.24, 2.45) is 12.5 Å². The maximum Gasteiger partial charge on any atom is 0.314 e. The molecular weight excluding hydrogens is 320 g/mol. The maximum atomic E-state index is 13.1. The molecule has 3 rings (SSSR count). The summed E-state index contributed by atoms with van der Waals surface area (Å²) in [4.78, 5) is 26.6. The minimum Gasteiger partial charge on any atom is -0.481 e. The zero-order chi connectivity index (χ0) is 18.2. The average Bonchev–Trinajstić information content (AvgIpc) is 2.97. The second kappa shape index (κ2) is 6.52. The van der Waals surface area contributed by atoms with Crippen LogP contribution in [0.5, 0.6) is 0 Å². The van der Waals surface area contributed by atoms with E-state index in [1.165, 1.54) is 0 Å². The molecule has 2 aromatic rings. The fraction of sp³-hybridized carbons (Fsp3) is 0.474. The van der Waals surface area contributed by atoms with Gasteiger partial charge in [0, 0.05) is 42.8 Å². The Morgan fingerprint density at radius 3 is 2.76 bits per heavy atom. The van der Waals surface area contributed by atoms with Crippen molar-refractivity contribution >= 4 is 22.8 Å². The minimum absolute atomic E-state index is 0.0411. The van der Waals surface area contributed by atoms with Gasteiger partial charge in [-0.15, -0.1) is 0 Å². The number of benzene rings is 1. The standard InChI is InChI=1S/C19H24N2O4/c1-3-9-19(18(24)25)12-21(11-8-16(19)22)17(23)14-5-4-6-15-13(14)7-10-20(15)2/h4-7,10,16,22H,3,8-9,11-12H2,1-2H3,(H,24,25)/t16-,19-/m1/s1. The normalized spacial score (nSPS) is 23.8. The molecule has 2 N–H and O–H groups in total. The molecule has 0 radical (unpaired) electrons. The summed E-state index contributed by atoms with van der Waals surface area (Å²) < 4.78 is 1.95. The number of aromatic nitrogens is 1. The van der Waals surface area contributed by atoms with Gasteiger partial charge in [0.2, 0.25) is 0 Å². The molecule has 0 unspecified atom stereocenters. The first-order valence-corrected chi connectivity index (χ1v) is 8.65. The number of likely N-dealkylation sites (tertiary alicyclic amines) is 1. The molecule has 25 heavy (non-hydrogen) atoms. The van der Waals surface area contributed by atoms with Gasteiger partial charge in [-0.3, -0.25) is 9.59 Å². The quantitative estimate of drug-likeness (QED) is 0.891. The SMILES string of the molecule is CCC[C@@]1(C(=O)O)CN(C(=O)c2cccc3c2ccn3C)CC[C@H]1O. The summed E-state index contributed by atoms with van der Waals surface area (Å²) in [6.45, 7) is 2.30. The number of aliphatic hydroxyl groups excluding tert-OH is 1. The number of aliphatic carboxylic acids is 1. The highest BCUT2D eigenvalue weighted by Gasteiger charge is 2.49. The van der Waals surface area contributed by atoms with Crippen molar-refractivity contribution in [3.8, 4) is 0 Å². The van der Waals surface area contributed by atoms with E-state index in [2.05, 4.69) is 0 Å². The van der Waals surface area contributed by atoms with Crippen LogP contribution in [0.25, 0.3) is 10.9 Å². The summed E-state index contributed by atoms with van der Waals surface area (Å²) in [7, 11) is 1.92. The van der Waals surface area contributed by atoms with E-state index in [0.717, 1.165) is 10.9 Å². The highest BCUT2D eigenvalue weighted by Crippen LogP contribution is 2.36. The Kier molecular flexibility index (Phi) is 4.56. The van der Waals surface area contributed by atoms with Crippen molar-refractivity contribution in [2.45, 2.75) is 32.3 Å². The van der Waals surface area contributed by atoms with Crippen molar-refractivity contribution in [1.82, 2.24) is 9.47 Å². The van der Waals surface area contributed by atoms with Gasteiger partial charge < -0.3 is 19.7 Å². The van der Waals surface area contributed by atoms with Crippen molar-refractivity contribution < 1.29 is 19.8 Å². The number of aliphatic hydroxyl groups is 1.